The highest BCUT2D eigenvalue weighted by Crippen LogP contribution is 2.50. The minimum absolute atomic E-state index is 0.186. The second-order valence-corrected chi connectivity index (χ2v) is 5.31. The first kappa shape index (κ1) is 13.4. The lowest BCUT2D eigenvalue weighted by Crippen LogP contribution is -2.46. The maximum Gasteiger partial charge on any atom is 0.406 e. The Morgan fingerprint density at radius 1 is 1.22 bits per heavy atom. The molecule has 2 rings (SSSR count). The second-order valence-electron chi connectivity index (χ2n) is 5.31. The number of benzene rings is 1. The standard InChI is InChI=1S/C14H18F3N/c1-9-4-5-10(2)12(8-9)11(3)18-13(6-7-13)14(15,16)17/h4-5,8,11,18H,6-7H2,1-3H3. The van der Waals surface area contributed by atoms with Crippen molar-refractivity contribution >= 4 is 0 Å². The molecule has 100 valence electrons. The van der Waals surface area contributed by atoms with E-state index in [1.54, 1.807) is 6.92 Å². The number of hydrogen-bond donors (Lipinski definition) is 1. The Balaban J connectivity index is 2.18. The average Bonchev–Trinajstić information content (AvgIpc) is 3.01. The number of hydrogen-bond acceptors (Lipinski definition) is 1. The van der Waals surface area contributed by atoms with Crippen molar-refractivity contribution in [2.45, 2.75) is 51.4 Å². The van der Waals surface area contributed by atoms with Crippen LogP contribution < -0.4 is 5.32 Å². The van der Waals surface area contributed by atoms with E-state index in [1.807, 2.05) is 32.0 Å². The van der Waals surface area contributed by atoms with Gasteiger partial charge >= 0.3 is 6.18 Å². The normalized spacial score (nSPS) is 19.7. The van der Waals surface area contributed by atoms with Crippen LogP contribution in [0.4, 0.5) is 13.2 Å². The summed E-state index contributed by atoms with van der Waals surface area (Å²) in [5.41, 5.74) is 1.40. The lowest BCUT2D eigenvalue weighted by atomic mass is 9.99. The number of aryl methyl sites for hydroxylation is 2. The van der Waals surface area contributed by atoms with Gasteiger partial charge in [0.1, 0.15) is 5.54 Å². The molecule has 1 unspecified atom stereocenters. The molecule has 0 saturated heterocycles. The highest BCUT2D eigenvalue weighted by molar-refractivity contribution is 5.33. The lowest BCUT2D eigenvalue weighted by molar-refractivity contribution is -0.167. The van der Waals surface area contributed by atoms with Crippen molar-refractivity contribution in [3.8, 4) is 0 Å². The van der Waals surface area contributed by atoms with E-state index in [9.17, 15) is 13.2 Å². The summed E-state index contributed by atoms with van der Waals surface area (Å²) in [6.07, 6.45) is -3.78. The molecule has 1 aliphatic carbocycles. The van der Waals surface area contributed by atoms with Crippen LogP contribution in [0.25, 0.3) is 0 Å². The number of halogens is 3. The molecular formula is C14H18F3N. The van der Waals surface area contributed by atoms with E-state index >= 15 is 0 Å². The summed E-state index contributed by atoms with van der Waals surface area (Å²) in [7, 11) is 0. The molecule has 1 nitrogen and oxygen atoms in total. The van der Waals surface area contributed by atoms with Crippen molar-refractivity contribution in [1.82, 2.24) is 5.32 Å². The summed E-state index contributed by atoms with van der Waals surface area (Å²) in [6.45, 7) is 5.68. The number of rotatable bonds is 3. The second kappa shape index (κ2) is 4.26. The molecule has 0 amide bonds. The van der Waals surface area contributed by atoms with E-state index in [2.05, 4.69) is 5.32 Å². The van der Waals surface area contributed by atoms with Crippen LogP contribution in [-0.4, -0.2) is 11.7 Å². The molecule has 0 aromatic heterocycles. The van der Waals surface area contributed by atoms with E-state index in [0.29, 0.717) is 0 Å². The van der Waals surface area contributed by atoms with Crippen LogP contribution in [0.5, 0.6) is 0 Å². The lowest BCUT2D eigenvalue weighted by Gasteiger charge is -2.26. The smallest absolute Gasteiger partial charge is 0.297 e. The zero-order valence-electron chi connectivity index (χ0n) is 10.9. The molecule has 0 radical (unpaired) electrons. The van der Waals surface area contributed by atoms with Gasteiger partial charge in [-0.25, -0.2) is 0 Å². The highest BCUT2D eigenvalue weighted by Gasteiger charge is 2.63. The Bertz CT molecular complexity index is 447. The van der Waals surface area contributed by atoms with Crippen LogP contribution in [0.1, 0.15) is 42.5 Å². The van der Waals surface area contributed by atoms with Gasteiger partial charge in [0.15, 0.2) is 0 Å². The number of nitrogens with one attached hydrogen (secondary N) is 1. The Morgan fingerprint density at radius 3 is 2.33 bits per heavy atom. The molecule has 18 heavy (non-hydrogen) atoms. The molecular weight excluding hydrogens is 239 g/mol. The molecule has 4 heteroatoms. The van der Waals surface area contributed by atoms with E-state index in [1.165, 1.54) is 0 Å². The van der Waals surface area contributed by atoms with Crippen molar-refractivity contribution in [3.63, 3.8) is 0 Å². The Morgan fingerprint density at radius 2 is 1.83 bits per heavy atom. The van der Waals surface area contributed by atoms with Gasteiger partial charge in [-0.3, -0.25) is 5.32 Å². The summed E-state index contributed by atoms with van der Waals surface area (Å²) >= 11 is 0. The van der Waals surface area contributed by atoms with E-state index in [-0.39, 0.29) is 18.9 Å². The van der Waals surface area contributed by atoms with Gasteiger partial charge in [0.25, 0.3) is 0 Å². The van der Waals surface area contributed by atoms with Crippen LogP contribution in [0.3, 0.4) is 0 Å². The van der Waals surface area contributed by atoms with Crippen molar-refractivity contribution in [2.24, 2.45) is 0 Å². The van der Waals surface area contributed by atoms with Gasteiger partial charge in [-0.15, -0.1) is 0 Å². The third-order valence-corrected chi connectivity index (χ3v) is 3.69. The summed E-state index contributed by atoms with van der Waals surface area (Å²) in [6, 6.07) is 5.60. The van der Waals surface area contributed by atoms with E-state index < -0.39 is 11.7 Å². The zero-order chi connectivity index (χ0) is 13.6. The average molecular weight is 257 g/mol. The summed E-state index contributed by atoms with van der Waals surface area (Å²) in [5.74, 6) is 0. The fraction of sp³-hybridized carbons (Fsp3) is 0.571. The quantitative estimate of drug-likeness (QED) is 0.861. The van der Waals surface area contributed by atoms with E-state index in [4.69, 9.17) is 0 Å². The van der Waals surface area contributed by atoms with Crippen molar-refractivity contribution < 1.29 is 13.2 Å². The molecule has 1 N–H and O–H groups in total. The first-order valence-corrected chi connectivity index (χ1v) is 6.17. The maximum absolute atomic E-state index is 12.9. The third kappa shape index (κ3) is 2.39. The summed E-state index contributed by atoms with van der Waals surface area (Å²) < 4.78 is 38.7. The van der Waals surface area contributed by atoms with Crippen LogP contribution in [0.15, 0.2) is 18.2 Å². The Labute approximate surface area is 105 Å². The van der Waals surface area contributed by atoms with Crippen molar-refractivity contribution in [3.05, 3.63) is 34.9 Å². The first-order valence-electron chi connectivity index (χ1n) is 6.17. The molecule has 1 fully saturated rings. The van der Waals surface area contributed by atoms with Gasteiger partial charge in [-0.05, 0) is 44.7 Å². The monoisotopic (exact) mass is 257 g/mol. The van der Waals surface area contributed by atoms with Gasteiger partial charge in [0.2, 0.25) is 0 Å². The molecule has 0 spiro atoms. The SMILES string of the molecule is Cc1ccc(C)c(C(C)NC2(C(F)(F)F)CC2)c1. The molecule has 1 aromatic carbocycles. The fourth-order valence-corrected chi connectivity index (χ4v) is 2.35. The molecule has 1 aromatic rings. The Hall–Kier alpha value is -1.03. The van der Waals surface area contributed by atoms with Gasteiger partial charge in [0.05, 0.1) is 0 Å². The Kier molecular flexibility index (Phi) is 3.18. The largest absolute Gasteiger partial charge is 0.406 e. The minimum atomic E-state index is -4.15. The molecule has 0 heterocycles. The molecule has 0 aliphatic heterocycles. The maximum atomic E-state index is 12.9. The molecule has 1 saturated carbocycles. The van der Waals surface area contributed by atoms with Crippen LogP contribution in [0, 0.1) is 13.8 Å². The topological polar surface area (TPSA) is 12.0 Å². The molecule has 1 aliphatic rings. The third-order valence-electron chi connectivity index (χ3n) is 3.69. The van der Waals surface area contributed by atoms with Crippen molar-refractivity contribution in [1.29, 1.82) is 0 Å². The number of alkyl halides is 3. The molecule has 0 bridgehead atoms. The van der Waals surface area contributed by atoms with E-state index in [0.717, 1.165) is 16.7 Å². The predicted molar refractivity (Wildman–Crippen MR) is 65.5 cm³/mol. The van der Waals surface area contributed by atoms with Gasteiger partial charge in [-0.2, -0.15) is 13.2 Å². The van der Waals surface area contributed by atoms with Crippen LogP contribution >= 0.6 is 0 Å². The van der Waals surface area contributed by atoms with Crippen molar-refractivity contribution in [2.75, 3.05) is 0 Å². The van der Waals surface area contributed by atoms with Crippen LogP contribution in [0.2, 0.25) is 0 Å². The van der Waals surface area contributed by atoms with Gasteiger partial charge in [0, 0.05) is 6.04 Å². The highest BCUT2D eigenvalue weighted by atomic mass is 19.4. The summed E-state index contributed by atoms with van der Waals surface area (Å²) in [5, 5.41) is 2.77. The van der Waals surface area contributed by atoms with Crippen LogP contribution in [-0.2, 0) is 0 Å². The molecule has 1 atom stereocenters. The predicted octanol–water partition coefficient (Wildman–Crippen LogP) is 4.05. The van der Waals surface area contributed by atoms with Gasteiger partial charge < -0.3 is 0 Å². The van der Waals surface area contributed by atoms with Gasteiger partial charge in [-0.1, -0.05) is 23.8 Å². The first-order chi connectivity index (χ1) is 8.25. The zero-order valence-corrected chi connectivity index (χ0v) is 10.9. The fourth-order valence-electron chi connectivity index (χ4n) is 2.35. The minimum Gasteiger partial charge on any atom is -0.297 e. The summed E-state index contributed by atoms with van der Waals surface area (Å²) in [4.78, 5) is 0.